The number of anilines is 1. The Morgan fingerprint density at radius 2 is 2.15 bits per heavy atom. The van der Waals surface area contributed by atoms with Gasteiger partial charge in [0.1, 0.15) is 5.60 Å². The number of ether oxygens (including phenoxy) is 1. The summed E-state index contributed by atoms with van der Waals surface area (Å²) in [5.41, 5.74) is 7.88. The lowest BCUT2D eigenvalue weighted by Crippen LogP contribution is -2.39. The normalized spacial score (nSPS) is 15.8. The zero-order valence-corrected chi connectivity index (χ0v) is 12.2. The van der Waals surface area contributed by atoms with Crippen LogP contribution >= 0.6 is 0 Å². The van der Waals surface area contributed by atoms with Gasteiger partial charge in [-0.15, -0.1) is 0 Å². The Hall–Kier alpha value is -2.04. The van der Waals surface area contributed by atoms with Crippen LogP contribution in [-0.2, 0) is 4.74 Å². The average molecular weight is 275 g/mol. The van der Waals surface area contributed by atoms with Gasteiger partial charge in [0.05, 0.1) is 17.6 Å². The van der Waals surface area contributed by atoms with Crippen LogP contribution in [-0.4, -0.2) is 34.7 Å². The first-order valence-corrected chi connectivity index (χ1v) is 6.74. The fourth-order valence-electron chi connectivity index (χ4n) is 1.99. The lowest BCUT2D eigenvalue weighted by molar-refractivity contribution is 0.0270. The van der Waals surface area contributed by atoms with Gasteiger partial charge in [-0.2, -0.15) is 0 Å². The van der Waals surface area contributed by atoms with Crippen molar-refractivity contribution in [2.75, 3.05) is 18.8 Å². The largest absolute Gasteiger partial charge is 0.444 e. The molecule has 0 aliphatic carbocycles. The first kappa shape index (κ1) is 14.4. The Kier molecular flexibility index (Phi) is 3.97. The number of aromatic nitrogens is 1. The zero-order valence-electron chi connectivity index (χ0n) is 12.2. The minimum Gasteiger partial charge on any atom is -0.444 e. The van der Waals surface area contributed by atoms with E-state index in [9.17, 15) is 4.79 Å². The highest BCUT2D eigenvalue weighted by Gasteiger charge is 2.23. The number of rotatable bonds is 1. The fourth-order valence-corrected chi connectivity index (χ4v) is 1.99. The Morgan fingerprint density at radius 3 is 2.65 bits per heavy atom. The van der Waals surface area contributed by atoms with Gasteiger partial charge in [0.15, 0.2) is 0 Å². The van der Waals surface area contributed by atoms with Crippen molar-refractivity contribution in [2.45, 2.75) is 32.8 Å². The molecule has 5 nitrogen and oxygen atoms in total. The van der Waals surface area contributed by atoms with Gasteiger partial charge < -0.3 is 15.4 Å². The number of nitrogens with zero attached hydrogens (tertiary/aromatic N) is 2. The SMILES string of the molecule is CC(C)(C)OC(=O)N1CC=C(c2ccc(N)cn2)CC1. The second-order valence-electron chi connectivity index (χ2n) is 5.88. The number of hydrogen-bond acceptors (Lipinski definition) is 4. The Balaban J connectivity index is 2.00. The average Bonchev–Trinajstić information content (AvgIpc) is 2.38. The minimum atomic E-state index is -0.459. The third-order valence-corrected chi connectivity index (χ3v) is 2.98. The van der Waals surface area contributed by atoms with Gasteiger partial charge in [0.2, 0.25) is 0 Å². The van der Waals surface area contributed by atoms with Crippen LogP contribution in [0.15, 0.2) is 24.4 Å². The molecular weight excluding hydrogens is 254 g/mol. The highest BCUT2D eigenvalue weighted by molar-refractivity contribution is 5.72. The topological polar surface area (TPSA) is 68.5 Å². The molecule has 0 saturated heterocycles. The maximum Gasteiger partial charge on any atom is 0.410 e. The molecular formula is C15H21N3O2. The molecule has 2 heterocycles. The fraction of sp³-hybridized carbons (Fsp3) is 0.467. The zero-order chi connectivity index (χ0) is 14.8. The van der Waals surface area contributed by atoms with Gasteiger partial charge in [0.25, 0.3) is 0 Å². The third-order valence-electron chi connectivity index (χ3n) is 2.98. The highest BCUT2D eigenvalue weighted by Crippen LogP contribution is 2.22. The lowest BCUT2D eigenvalue weighted by atomic mass is 10.0. The molecule has 0 radical (unpaired) electrons. The smallest absolute Gasteiger partial charge is 0.410 e. The Bertz CT molecular complexity index is 515. The summed E-state index contributed by atoms with van der Waals surface area (Å²) in [6, 6.07) is 3.74. The number of pyridine rings is 1. The first-order chi connectivity index (χ1) is 9.35. The van der Waals surface area contributed by atoms with E-state index in [-0.39, 0.29) is 6.09 Å². The van der Waals surface area contributed by atoms with Gasteiger partial charge in [-0.25, -0.2) is 4.79 Å². The van der Waals surface area contributed by atoms with Crippen LogP contribution in [0.5, 0.6) is 0 Å². The van der Waals surface area contributed by atoms with Gasteiger partial charge in [-0.05, 0) is 44.9 Å². The van der Waals surface area contributed by atoms with Crippen molar-refractivity contribution >= 4 is 17.4 Å². The lowest BCUT2D eigenvalue weighted by Gasteiger charge is -2.29. The second kappa shape index (κ2) is 5.53. The molecule has 2 rings (SSSR count). The minimum absolute atomic E-state index is 0.266. The van der Waals surface area contributed by atoms with E-state index in [1.807, 2.05) is 39.0 Å². The highest BCUT2D eigenvalue weighted by atomic mass is 16.6. The molecule has 5 heteroatoms. The van der Waals surface area contributed by atoms with E-state index >= 15 is 0 Å². The number of hydrogen-bond donors (Lipinski definition) is 1. The molecule has 1 aliphatic heterocycles. The van der Waals surface area contributed by atoms with Crippen molar-refractivity contribution in [3.63, 3.8) is 0 Å². The van der Waals surface area contributed by atoms with Crippen LogP contribution < -0.4 is 5.73 Å². The van der Waals surface area contributed by atoms with E-state index in [2.05, 4.69) is 4.98 Å². The van der Waals surface area contributed by atoms with Crippen molar-refractivity contribution in [3.05, 3.63) is 30.1 Å². The first-order valence-electron chi connectivity index (χ1n) is 6.74. The standard InChI is InChI=1S/C15H21N3O2/c1-15(2,3)20-14(19)18-8-6-11(7-9-18)13-5-4-12(16)10-17-13/h4-6,10H,7-9,16H2,1-3H3. The molecule has 0 atom stereocenters. The molecule has 1 amide bonds. The van der Waals surface area contributed by atoms with E-state index in [0.29, 0.717) is 18.8 Å². The van der Waals surface area contributed by atoms with E-state index in [0.717, 1.165) is 17.7 Å². The summed E-state index contributed by atoms with van der Waals surface area (Å²) < 4.78 is 5.36. The van der Waals surface area contributed by atoms with Crippen molar-refractivity contribution in [3.8, 4) is 0 Å². The van der Waals surface area contributed by atoms with E-state index in [4.69, 9.17) is 10.5 Å². The van der Waals surface area contributed by atoms with Crippen molar-refractivity contribution in [1.29, 1.82) is 0 Å². The van der Waals surface area contributed by atoms with Crippen LogP contribution in [0, 0.1) is 0 Å². The molecule has 108 valence electrons. The molecule has 2 N–H and O–H groups in total. The molecule has 0 saturated carbocycles. The summed E-state index contributed by atoms with van der Waals surface area (Å²) in [4.78, 5) is 17.9. The summed E-state index contributed by atoms with van der Waals surface area (Å²) in [6.07, 6.45) is 4.18. The predicted molar refractivity (Wildman–Crippen MR) is 79.1 cm³/mol. The van der Waals surface area contributed by atoms with Crippen LogP contribution in [0.25, 0.3) is 5.57 Å². The molecule has 1 aromatic heterocycles. The maximum absolute atomic E-state index is 11.9. The summed E-state index contributed by atoms with van der Waals surface area (Å²) in [7, 11) is 0. The number of nitrogens with two attached hydrogens (primary N) is 1. The summed E-state index contributed by atoms with van der Waals surface area (Å²) in [5, 5.41) is 0. The van der Waals surface area contributed by atoms with Crippen LogP contribution in [0.1, 0.15) is 32.9 Å². The van der Waals surface area contributed by atoms with Gasteiger partial charge in [-0.3, -0.25) is 4.98 Å². The summed E-state index contributed by atoms with van der Waals surface area (Å²) in [6.45, 7) is 6.81. The number of carbonyl (C=O) groups excluding carboxylic acids is 1. The molecule has 1 aliphatic rings. The molecule has 20 heavy (non-hydrogen) atoms. The van der Waals surface area contributed by atoms with E-state index in [1.54, 1.807) is 11.1 Å². The molecule has 0 aromatic carbocycles. The van der Waals surface area contributed by atoms with Crippen molar-refractivity contribution in [2.24, 2.45) is 0 Å². The third kappa shape index (κ3) is 3.73. The molecule has 0 spiro atoms. The van der Waals surface area contributed by atoms with E-state index < -0.39 is 5.60 Å². The Labute approximate surface area is 119 Å². The number of nitrogen functional groups attached to an aromatic ring is 1. The van der Waals surface area contributed by atoms with Crippen LogP contribution in [0.2, 0.25) is 0 Å². The predicted octanol–water partition coefficient (Wildman–Crippen LogP) is 2.69. The van der Waals surface area contributed by atoms with Gasteiger partial charge in [-0.1, -0.05) is 6.08 Å². The number of amides is 1. The quantitative estimate of drug-likeness (QED) is 0.855. The van der Waals surface area contributed by atoms with E-state index in [1.165, 1.54) is 0 Å². The summed E-state index contributed by atoms with van der Waals surface area (Å²) >= 11 is 0. The molecule has 0 unspecified atom stereocenters. The van der Waals surface area contributed by atoms with Gasteiger partial charge >= 0.3 is 6.09 Å². The molecule has 1 aromatic rings. The van der Waals surface area contributed by atoms with Crippen LogP contribution in [0.3, 0.4) is 0 Å². The van der Waals surface area contributed by atoms with Gasteiger partial charge in [0, 0.05) is 13.1 Å². The second-order valence-corrected chi connectivity index (χ2v) is 5.88. The monoisotopic (exact) mass is 275 g/mol. The van der Waals surface area contributed by atoms with Crippen molar-refractivity contribution in [1.82, 2.24) is 9.88 Å². The maximum atomic E-state index is 11.9. The molecule has 0 fully saturated rings. The number of carbonyl (C=O) groups is 1. The van der Waals surface area contributed by atoms with Crippen molar-refractivity contribution < 1.29 is 9.53 Å². The van der Waals surface area contributed by atoms with Crippen LogP contribution in [0.4, 0.5) is 10.5 Å². The molecule has 0 bridgehead atoms. The summed E-state index contributed by atoms with van der Waals surface area (Å²) in [5.74, 6) is 0. The Morgan fingerprint density at radius 1 is 1.40 bits per heavy atom.